The maximum Gasteiger partial charge on any atom is 0.269 e. The van der Waals surface area contributed by atoms with Crippen molar-refractivity contribution in [2.24, 2.45) is 0 Å². The molecule has 5 nitrogen and oxygen atoms in total. The van der Waals surface area contributed by atoms with Crippen molar-refractivity contribution in [3.8, 4) is 0 Å². The van der Waals surface area contributed by atoms with E-state index in [-0.39, 0.29) is 10.6 Å². The van der Waals surface area contributed by atoms with E-state index in [0.29, 0.717) is 0 Å². The minimum Gasteiger partial charge on any atom is -0.258 e. The van der Waals surface area contributed by atoms with Gasteiger partial charge in [-0.1, -0.05) is 28.1 Å². The molecule has 2 aromatic rings. The first-order chi connectivity index (χ1) is 9.88. The number of sulfone groups is 1. The standard InChI is InChI=1S/C14H10BrNO4S/c15-12-3-1-2-11(10-12)8-9-21(19,20)14-6-4-13(5-7-14)16(17)18/h1-10H/b9-8+. The minimum atomic E-state index is -3.63. The Morgan fingerprint density at radius 3 is 2.33 bits per heavy atom. The van der Waals surface area contributed by atoms with Gasteiger partial charge in [0.25, 0.3) is 5.69 Å². The fourth-order valence-electron chi connectivity index (χ4n) is 1.61. The van der Waals surface area contributed by atoms with Gasteiger partial charge >= 0.3 is 0 Å². The molecule has 0 aliphatic carbocycles. The summed E-state index contributed by atoms with van der Waals surface area (Å²) in [5.74, 6) is 0. The number of rotatable bonds is 4. The first kappa shape index (κ1) is 15.4. The van der Waals surface area contributed by atoms with Crippen molar-refractivity contribution < 1.29 is 13.3 Å². The SMILES string of the molecule is O=[N+]([O-])c1ccc(S(=O)(=O)/C=C/c2cccc(Br)c2)cc1. The maximum absolute atomic E-state index is 12.1. The molecule has 0 unspecified atom stereocenters. The summed E-state index contributed by atoms with van der Waals surface area (Å²) >= 11 is 3.30. The number of halogens is 1. The van der Waals surface area contributed by atoms with E-state index in [1.165, 1.54) is 30.3 Å². The predicted octanol–water partition coefficient (Wildman–Crippen LogP) is 3.80. The van der Waals surface area contributed by atoms with E-state index in [4.69, 9.17) is 0 Å². The fraction of sp³-hybridized carbons (Fsp3) is 0. The second kappa shape index (κ2) is 6.19. The van der Waals surface area contributed by atoms with Crippen LogP contribution in [0.2, 0.25) is 0 Å². The summed E-state index contributed by atoms with van der Waals surface area (Å²) < 4.78 is 25.1. The lowest BCUT2D eigenvalue weighted by Gasteiger charge is -1.99. The molecule has 0 amide bonds. The second-order valence-corrected chi connectivity index (χ2v) is 6.90. The molecule has 0 radical (unpaired) electrons. The number of nitro groups is 1. The lowest BCUT2D eigenvalue weighted by Crippen LogP contribution is -1.96. The quantitative estimate of drug-likeness (QED) is 0.608. The molecule has 2 rings (SSSR count). The zero-order chi connectivity index (χ0) is 15.5. The van der Waals surface area contributed by atoms with Gasteiger partial charge in [-0.25, -0.2) is 8.42 Å². The molecule has 21 heavy (non-hydrogen) atoms. The summed E-state index contributed by atoms with van der Waals surface area (Å²) in [6.07, 6.45) is 1.47. The van der Waals surface area contributed by atoms with Gasteiger partial charge in [-0.15, -0.1) is 0 Å². The summed E-state index contributed by atoms with van der Waals surface area (Å²) in [6.45, 7) is 0. The van der Waals surface area contributed by atoms with Crippen LogP contribution in [-0.2, 0) is 9.84 Å². The molecular formula is C14H10BrNO4S. The molecular weight excluding hydrogens is 358 g/mol. The average Bonchev–Trinajstić information content (AvgIpc) is 2.45. The summed E-state index contributed by atoms with van der Waals surface area (Å²) in [4.78, 5) is 9.98. The molecule has 0 heterocycles. The lowest BCUT2D eigenvalue weighted by molar-refractivity contribution is -0.384. The van der Waals surface area contributed by atoms with Crippen molar-refractivity contribution >= 4 is 37.5 Å². The van der Waals surface area contributed by atoms with Gasteiger partial charge in [0.2, 0.25) is 0 Å². The molecule has 0 fully saturated rings. The summed E-state index contributed by atoms with van der Waals surface area (Å²) in [5, 5.41) is 11.6. The highest BCUT2D eigenvalue weighted by Crippen LogP contribution is 2.19. The smallest absolute Gasteiger partial charge is 0.258 e. The van der Waals surface area contributed by atoms with Crippen LogP contribution >= 0.6 is 15.9 Å². The summed E-state index contributed by atoms with van der Waals surface area (Å²) in [6, 6.07) is 12.0. The minimum absolute atomic E-state index is 0.0133. The van der Waals surface area contributed by atoms with Crippen molar-refractivity contribution in [2.45, 2.75) is 4.90 Å². The predicted molar refractivity (Wildman–Crippen MR) is 83.5 cm³/mol. The molecule has 0 N–H and O–H groups in total. The molecule has 7 heteroatoms. The Bertz CT molecular complexity index is 798. The number of hydrogen-bond donors (Lipinski definition) is 0. The van der Waals surface area contributed by atoms with E-state index in [1.807, 2.05) is 6.07 Å². The first-order valence-corrected chi connectivity index (χ1v) is 8.15. The van der Waals surface area contributed by atoms with Crippen LogP contribution in [0.25, 0.3) is 6.08 Å². The van der Waals surface area contributed by atoms with E-state index in [1.54, 1.807) is 18.2 Å². The molecule has 0 aliphatic rings. The Labute approximate surface area is 130 Å². The summed E-state index contributed by atoms with van der Waals surface area (Å²) in [7, 11) is -3.63. The van der Waals surface area contributed by atoms with E-state index >= 15 is 0 Å². The molecule has 0 atom stereocenters. The topological polar surface area (TPSA) is 77.3 Å². The Morgan fingerprint density at radius 2 is 1.76 bits per heavy atom. The molecule has 0 saturated carbocycles. The van der Waals surface area contributed by atoms with Gasteiger partial charge in [0, 0.05) is 22.0 Å². The fourth-order valence-corrected chi connectivity index (χ4v) is 3.04. The highest BCUT2D eigenvalue weighted by Gasteiger charge is 2.12. The van der Waals surface area contributed by atoms with Crippen LogP contribution in [0.5, 0.6) is 0 Å². The molecule has 0 spiro atoms. The zero-order valence-corrected chi connectivity index (χ0v) is 13.0. The van der Waals surface area contributed by atoms with Gasteiger partial charge in [0.05, 0.1) is 9.82 Å². The molecule has 2 aromatic carbocycles. The van der Waals surface area contributed by atoms with Crippen LogP contribution in [-0.4, -0.2) is 13.3 Å². The van der Waals surface area contributed by atoms with Crippen LogP contribution in [0.3, 0.4) is 0 Å². The molecule has 0 saturated heterocycles. The Hall–Kier alpha value is -1.99. The number of non-ortho nitro benzene ring substituents is 1. The number of nitrogens with zero attached hydrogens (tertiary/aromatic N) is 1. The molecule has 0 bridgehead atoms. The summed E-state index contributed by atoms with van der Waals surface area (Å²) in [5.41, 5.74) is 0.583. The van der Waals surface area contributed by atoms with Gasteiger partial charge in [-0.05, 0) is 35.9 Å². The molecule has 108 valence electrons. The van der Waals surface area contributed by atoms with Crippen LogP contribution in [0, 0.1) is 10.1 Å². The van der Waals surface area contributed by atoms with Gasteiger partial charge in [-0.2, -0.15) is 0 Å². The van der Waals surface area contributed by atoms with Crippen LogP contribution < -0.4 is 0 Å². The third kappa shape index (κ3) is 3.99. The highest BCUT2D eigenvalue weighted by molar-refractivity contribution is 9.10. The van der Waals surface area contributed by atoms with Crippen molar-refractivity contribution in [1.29, 1.82) is 0 Å². The maximum atomic E-state index is 12.1. The highest BCUT2D eigenvalue weighted by atomic mass is 79.9. The third-order valence-corrected chi connectivity index (χ3v) is 4.58. The zero-order valence-electron chi connectivity index (χ0n) is 10.6. The molecule has 0 aromatic heterocycles. The van der Waals surface area contributed by atoms with Gasteiger partial charge in [0.15, 0.2) is 9.84 Å². The normalized spacial score (nSPS) is 11.7. The van der Waals surface area contributed by atoms with Gasteiger partial charge < -0.3 is 0 Å². The van der Waals surface area contributed by atoms with Crippen molar-refractivity contribution in [2.75, 3.05) is 0 Å². The lowest BCUT2D eigenvalue weighted by atomic mass is 10.2. The van der Waals surface area contributed by atoms with Gasteiger partial charge in [0.1, 0.15) is 0 Å². The third-order valence-electron chi connectivity index (χ3n) is 2.66. The Morgan fingerprint density at radius 1 is 1.10 bits per heavy atom. The van der Waals surface area contributed by atoms with E-state index in [9.17, 15) is 18.5 Å². The van der Waals surface area contributed by atoms with E-state index in [0.717, 1.165) is 15.4 Å². The van der Waals surface area contributed by atoms with Crippen molar-refractivity contribution in [3.05, 3.63) is 74.1 Å². The number of nitro benzene ring substituents is 1. The van der Waals surface area contributed by atoms with Crippen molar-refractivity contribution in [3.63, 3.8) is 0 Å². The van der Waals surface area contributed by atoms with Crippen LogP contribution in [0.1, 0.15) is 5.56 Å². The second-order valence-electron chi connectivity index (χ2n) is 4.15. The first-order valence-electron chi connectivity index (χ1n) is 5.82. The Balaban J connectivity index is 2.27. The average molecular weight is 368 g/mol. The number of benzene rings is 2. The largest absolute Gasteiger partial charge is 0.269 e. The van der Waals surface area contributed by atoms with Crippen molar-refractivity contribution in [1.82, 2.24) is 0 Å². The van der Waals surface area contributed by atoms with Gasteiger partial charge in [-0.3, -0.25) is 10.1 Å². The van der Waals surface area contributed by atoms with Crippen LogP contribution in [0.15, 0.2) is 63.3 Å². The van der Waals surface area contributed by atoms with E-state index < -0.39 is 14.8 Å². The molecule has 0 aliphatic heterocycles. The monoisotopic (exact) mass is 367 g/mol. The Kier molecular flexibility index (Phi) is 4.54. The number of hydrogen-bond acceptors (Lipinski definition) is 4. The van der Waals surface area contributed by atoms with Crippen LogP contribution in [0.4, 0.5) is 5.69 Å². The van der Waals surface area contributed by atoms with E-state index in [2.05, 4.69) is 15.9 Å².